The van der Waals surface area contributed by atoms with E-state index in [4.69, 9.17) is 4.52 Å². The van der Waals surface area contributed by atoms with E-state index >= 15 is 0 Å². The third kappa shape index (κ3) is 3.24. The Balaban J connectivity index is 1.55. The third-order valence-electron chi connectivity index (χ3n) is 4.30. The van der Waals surface area contributed by atoms with Crippen LogP contribution in [-0.4, -0.2) is 36.0 Å². The maximum atomic E-state index is 12.7. The highest BCUT2D eigenvalue weighted by molar-refractivity contribution is 7.91. The summed E-state index contributed by atoms with van der Waals surface area (Å²) in [6.45, 7) is 0.896. The fraction of sp³-hybridized carbons (Fsp3) is 0.294. The molecule has 1 fully saturated rings. The third-order valence-corrected chi connectivity index (χ3v) is 7.53. The van der Waals surface area contributed by atoms with Crippen molar-refractivity contribution in [2.24, 2.45) is 0 Å². The molecule has 4 rings (SSSR count). The van der Waals surface area contributed by atoms with E-state index in [0.29, 0.717) is 29.0 Å². The summed E-state index contributed by atoms with van der Waals surface area (Å²) >= 11 is 1.24. The van der Waals surface area contributed by atoms with Gasteiger partial charge in [-0.05, 0) is 24.3 Å². The average Bonchev–Trinajstić information content (AvgIpc) is 3.35. The molecule has 0 bridgehead atoms. The minimum atomic E-state index is -3.44. The normalized spacial score (nSPS) is 19.1. The number of sulfonamides is 1. The fourth-order valence-corrected chi connectivity index (χ4v) is 5.67. The molecule has 8 heteroatoms. The molecule has 0 radical (unpaired) electrons. The van der Waals surface area contributed by atoms with Crippen LogP contribution in [0.1, 0.15) is 24.7 Å². The van der Waals surface area contributed by atoms with E-state index < -0.39 is 10.0 Å². The molecule has 1 aromatic carbocycles. The Hall–Kier alpha value is -2.03. The molecule has 0 aliphatic carbocycles. The van der Waals surface area contributed by atoms with Gasteiger partial charge in [-0.1, -0.05) is 41.6 Å². The Labute approximate surface area is 150 Å². The van der Waals surface area contributed by atoms with Crippen LogP contribution in [0.15, 0.2) is 56.6 Å². The van der Waals surface area contributed by atoms with Crippen LogP contribution < -0.4 is 0 Å². The van der Waals surface area contributed by atoms with Crippen molar-refractivity contribution in [2.75, 3.05) is 13.1 Å². The van der Waals surface area contributed by atoms with Gasteiger partial charge in [-0.25, -0.2) is 8.42 Å². The highest BCUT2D eigenvalue weighted by atomic mass is 32.2. The van der Waals surface area contributed by atoms with Gasteiger partial charge in [0.05, 0.1) is 5.92 Å². The topological polar surface area (TPSA) is 76.3 Å². The lowest BCUT2D eigenvalue weighted by molar-refractivity contribution is 0.266. The summed E-state index contributed by atoms with van der Waals surface area (Å²) in [4.78, 5) is 4.49. The largest absolute Gasteiger partial charge is 0.339 e. The van der Waals surface area contributed by atoms with Crippen LogP contribution in [-0.2, 0) is 10.0 Å². The van der Waals surface area contributed by atoms with Crippen LogP contribution in [0.25, 0.3) is 11.4 Å². The number of thiophene rings is 1. The molecule has 0 N–H and O–H groups in total. The lowest BCUT2D eigenvalue weighted by Gasteiger charge is -2.29. The van der Waals surface area contributed by atoms with Gasteiger partial charge in [-0.2, -0.15) is 9.29 Å². The number of piperidine rings is 1. The van der Waals surface area contributed by atoms with Gasteiger partial charge in [0.15, 0.2) is 0 Å². The number of aromatic nitrogens is 2. The van der Waals surface area contributed by atoms with Gasteiger partial charge in [-0.3, -0.25) is 0 Å². The lowest BCUT2D eigenvalue weighted by Crippen LogP contribution is -2.38. The van der Waals surface area contributed by atoms with Gasteiger partial charge >= 0.3 is 0 Å². The van der Waals surface area contributed by atoms with Crippen LogP contribution in [0.3, 0.4) is 0 Å². The summed E-state index contributed by atoms with van der Waals surface area (Å²) in [7, 11) is -3.44. The first-order valence-electron chi connectivity index (χ1n) is 8.07. The van der Waals surface area contributed by atoms with E-state index in [1.807, 2.05) is 30.3 Å². The maximum absolute atomic E-state index is 12.7. The second kappa shape index (κ2) is 6.70. The first kappa shape index (κ1) is 16.4. The zero-order valence-electron chi connectivity index (χ0n) is 13.4. The molecular formula is C17H17N3O3S2. The predicted octanol–water partition coefficient (Wildman–Crippen LogP) is 3.37. The number of hydrogen-bond donors (Lipinski definition) is 0. The van der Waals surface area contributed by atoms with Gasteiger partial charge in [0.2, 0.25) is 11.7 Å². The van der Waals surface area contributed by atoms with Crippen molar-refractivity contribution >= 4 is 21.4 Å². The molecule has 2 aromatic heterocycles. The van der Waals surface area contributed by atoms with Crippen LogP contribution in [0.2, 0.25) is 0 Å². The van der Waals surface area contributed by atoms with Crippen LogP contribution in [0.4, 0.5) is 0 Å². The molecule has 6 nitrogen and oxygen atoms in total. The SMILES string of the molecule is O=S(=O)(c1cccs1)N1CCCC(c2nc(-c3ccccc3)no2)C1. The summed E-state index contributed by atoms with van der Waals surface area (Å²) in [6, 6.07) is 13.0. The fourth-order valence-electron chi connectivity index (χ4n) is 3.01. The number of rotatable bonds is 4. The molecule has 3 heterocycles. The highest BCUT2D eigenvalue weighted by Gasteiger charge is 2.33. The van der Waals surface area contributed by atoms with E-state index in [0.717, 1.165) is 18.4 Å². The Bertz CT molecular complexity index is 937. The predicted molar refractivity (Wildman–Crippen MR) is 94.8 cm³/mol. The molecule has 0 saturated carbocycles. The van der Waals surface area contributed by atoms with Gasteiger partial charge in [0.25, 0.3) is 10.0 Å². The zero-order valence-corrected chi connectivity index (χ0v) is 15.0. The Morgan fingerprint density at radius 3 is 2.76 bits per heavy atom. The standard InChI is InChI=1S/C17H17N3O3S2/c21-25(22,15-9-5-11-24-15)20-10-4-8-14(12-20)17-18-16(19-23-17)13-6-2-1-3-7-13/h1-3,5-7,9,11,14H,4,8,10,12H2. The minimum absolute atomic E-state index is 0.0755. The van der Waals surface area contributed by atoms with E-state index in [9.17, 15) is 8.42 Å². The second-order valence-corrected chi connectivity index (χ2v) is 9.07. The van der Waals surface area contributed by atoms with E-state index in [1.165, 1.54) is 15.6 Å². The molecule has 3 aromatic rings. The van der Waals surface area contributed by atoms with Gasteiger partial charge in [0, 0.05) is 18.7 Å². The molecule has 1 unspecified atom stereocenters. The first-order valence-corrected chi connectivity index (χ1v) is 10.4. The smallest absolute Gasteiger partial charge is 0.252 e. The minimum Gasteiger partial charge on any atom is -0.339 e. The van der Waals surface area contributed by atoms with Crippen molar-refractivity contribution in [1.29, 1.82) is 0 Å². The lowest BCUT2D eigenvalue weighted by atomic mass is 10.00. The summed E-state index contributed by atoms with van der Waals surface area (Å²) in [5.41, 5.74) is 0.886. The van der Waals surface area contributed by atoms with Crippen molar-refractivity contribution < 1.29 is 12.9 Å². The highest BCUT2D eigenvalue weighted by Crippen LogP contribution is 2.31. The Morgan fingerprint density at radius 1 is 1.16 bits per heavy atom. The molecule has 25 heavy (non-hydrogen) atoms. The van der Waals surface area contributed by atoms with Gasteiger partial charge in [0.1, 0.15) is 4.21 Å². The zero-order chi connectivity index (χ0) is 17.3. The number of benzene rings is 1. The van der Waals surface area contributed by atoms with Crippen molar-refractivity contribution in [1.82, 2.24) is 14.4 Å². The van der Waals surface area contributed by atoms with Crippen molar-refractivity contribution in [3.63, 3.8) is 0 Å². The van der Waals surface area contributed by atoms with Crippen molar-refractivity contribution in [3.05, 3.63) is 53.7 Å². The molecule has 1 aliphatic rings. The van der Waals surface area contributed by atoms with Crippen LogP contribution in [0.5, 0.6) is 0 Å². The van der Waals surface area contributed by atoms with Crippen LogP contribution >= 0.6 is 11.3 Å². The molecule has 0 amide bonds. The summed E-state index contributed by atoms with van der Waals surface area (Å²) in [6.07, 6.45) is 1.62. The van der Waals surface area contributed by atoms with Gasteiger partial charge in [-0.15, -0.1) is 11.3 Å². The molecule has 1 saturated heterocycles. The average molecular weight is 375 g/mol. The Kier molecular flexibility index (Phi) is 4.41. The van der Waals surface area contributed by atoms with E-state index in [-0.39, 0.29) is 5.92 Å². The van der Waals surface area contributed by atoms with Crippen LogP contribution in [0, 0.1) is 0 Å². The molecule has 1 aliphatic heterocycles. The van der Waals surface area contributed by atoms with Crippen molar-refractivity contribution in [2.45, 2.75) is 23.0 Å². The molecular weight excluding hydrogens is 358 g/mol. The summed E-state index contributed by atoms with van der Waals surface area (Å²) in [5, 5.41) is 5.82. The summed E-state index contributed by atoms with van der Waals surface area (Å²) in [5.74, 6) is 0.965. The molecule has 0 spiro atoms. The van der Waals surface area contributed by atoms with E-state index in [2.05, 4.69) is 10.1 Å². The first-order chi connectivity index (χ1) is 12.1. The number of hydrogen-bond acceptors (Lipinski definition) is 6. The summed E-state index contributed by atoms with van der Waals surface area (Å²) < 4.78 is 32.8. The molecule has 1 atom stereocenters. The van der Waals surface area contributed by atoms with E-state index in [1.54, 1.807) is 17.5 Å². The quantitative estimate of drug-likeness (QED) is 0.699. The Morgan fingerprint density at radius 2 is 2.00 bits per heavy atom. The van der Waals surface area contributed by atoms with Crippen molar-refractivity contribution in [3.8, 4) is 11.4 Å². The monoisotopic (exact) mass is 375 g/mol. The molecule has 130 valence electrons. The second-order valence-electron chi connectivity index (χ2n) is 5.96. The van der Waals surface area contributed by atoms with Gasteiger partial charge < -0.3 is 4.52 Å². The maximum Gasteiger partial charge on any atom is 0.252 e. The number of nitrogens with zero attached hydrogens (tertiary/aromatic N) is 3.